The maximum atomic E-state index is 11.7. The van der Waals surface area contributed by atoms with E-state index in [4.69, 9.17) is 20.5 Å². The molecule has 0 amide bonds. The van der Waals surface area contributed by atoms with Crippen LogP contribution >= 0.6 is 7.60 Å². The van der Waals surface area contributed by atoms with Crippen molar-refractivity contribution < 1.29 is 33.7 Å². The number of anilines is 1. The van der Waals surface area contributed by atoms with Gasteiger partial charge in [-0.3, -0.25) is 9.78 Å². The van der Waals surface area contributed by atoms with Crippen LogP contribution in [0.4, 0.5) is 10.7 Å². The van der Waals surface area contributed by atoms with Crippen LogP contribution in [-0.2, 0) is 20.4 Å². The molecular weight excluding hydrogens is 421 g/mol. The number of hydrogen-bond donors (Lipinski definition) is 5. The SMILES string of the molecule is CC.CC.Nc1nc2c(ncn2CC(O)COCCCOP(=O)(O)C(=O)O)c(=O)[nH]1. The number of H-pyrrole nitrogens is 1. The van der Waals surface area contributed by atoms with E-state index in [2.05, 4.69) is 19.5 Å². The Morgan fingerprint density at radius 1 is 1.33 bits per heavy atom. The number of carbonyl (C=O) groups is 1. The van der Waals surface area contributed by atoms with Gasteiger partial charge >= 0.3 is 13.3 Å². The maximum Gasteiger partial charge on any atom is 0.435 e. The van der Waals surface area contributed by atoms with Gasteiger partial charge in [0.1, 0.15) is 0 Å². The second kappa shape index (κ2) is 13.8. The predicted octanol–water partition coefficient (Wildman–Crippen LogP) is 1.40. The molecule has 0 aliphatic carbocycles. The monoisotopic (exact) mass is 451 g/mol. The largest absolute Gasteiger partial charge is 0.472 e. The Hall–Kier alpha value is -2.31. The number of imidazole rings is 1. The average Bonchev–Trinajstić information content (AvgIpc) is 3.10. The first-order chi connectivity index (χ1) is 14.2. The summed E-state index contributed by atoms with van der Waals surface area (Å²) in [5, 5.41) is 18.4. The molecule has 0 aliphatic heterocycles. The van der Waals surface area contributed by atoms with E-state index in [-0.39, 0.29) is 49.9 Å². The highest BCUT2D eigenvalue weighted by molar-refractivity contribution is 7.70. The number of nitrogen functional groups attached to an aromatic ring is 1. The summed E-state index contributed by atoms with van der Waals surface area (Å²) in [5.41, 5.74) is 3.39. The molecule has 172 valence electrons. The number of rotatable bonds is 10. The van der Waals surface area contributed by atoms with Crippen LogP contribution in [0.5, 0.6) is 0 Å². The zero-order chi connectivity index (χ0) is 23.3. The maximum absolute atomic E-state index is 11.7. The highest BCUT2D eigenvalue weighted by atomic mass is 31.2. The van der Waals surface area contributed by atoms with Gasteiger partial charge < -0.3 is 34.7 Å². The third kappa shape index (κ3) is 8.59. The van der Waals surface area contributed by atoms with E-state index in [1.54, 1.807) is 0 Å². The van der Waals surface area contributed by atoms with E-state index >= 15 is 0 Å². The molecule has 14 heteroatoms. The fraction of sp³-hybridized carbons (Fsp3) is 0.625. The average molecular weight is 451 g/mol. The second-order valence-corrected chi connectivity index (χ2v) is 6.92. The van der Waals surface area contributed by atoms with Gasteiger partial charge in [0, 0.05) is 6.61 Å². The molecule has 0 aromatic carbocycles. The molecule has 2 aromatic heterocycles. The van der Waals surface area contributed by atoms with Gasteiger partial charge in [0.05, 0.1) is 32.2 Å². The highest BCUT2D eigenvalue weighted by Crippen LogP contribution is 2.42. The smallest absolute Gasteiger partial charge is 0.435 e. The van der Waals surface area contributed by atoms with E-state index in [0.717, 1.165) is 0 Å². The summed E-state index contributed by atoms with van der Waals surface area (Å²) in [7, 11) is -4.65. The Bertz CT molecular complexity index is 884. The van der Waals surface area contributed by atoms with Gasteiger partial charge in [0.25, 0.3) is 5.56 Å². The molecule has 13 nitrogen and oxygen atoms in total. The number of aromatic amines is 1. The van der Waals surface area contributed by atoms with Crippen molar-refractivity contribution >= 4 is 30.4 Å². The topological polar surface area (TPSA) is 203 Å². The lowest BCUT2D eigenvalue weighted by Gasteiger charge is -2.12. The molecule has 0 aliphatic rings. The number of nitrogens with two attached hydrogens (primary N) is 1. The van der Waals surface area contributed by atoms with Crippen LogP contribution in [0.3, 0.4) is 0 Å². The minimum absolute atomic E-state index is 0.0494. The fourth-order valence-corrected chi connectivity index (χ4v) is 2.50. The van der Waals surface area contributed by atoms with E-state index in [1.165, 1.54) is 10.9 Å². The summed E-state index contributed by atoms with van der Waals surface area (Å²) < 4.78 is 22.0. The van der Waals surface area contributed by atoms with Gasteiger partial charge in [0.2, 0.25) is 5.95 Å². The van der Waals surface area contributed by atoms with Crippen molar-refractivity contribution in [3.05, 3.63) is 16.7 Å². The highest BCUT2D eigenvalue weighted by Gasteiger charge is 2.29. The number of aliphatic hydroxyl groups excluding tert-OH is 1. The number of nitrogens with one attached hydrogen (secondary N) is 1. The van der Waals surface area contributed by atoms with Crippen LogP contribution in [-0.4, -0.2) is 66.3 Å². The van der Waals surface area contributed by atoms with Crippen molar-refractivity contribution in [2.45, 2.75) is 46.8 Å². The van der Waals surface area contributed by atoms with Crippen LogP contribution in [0.25, 0.3) is 11.2 Å². The predicted molar refractivity (Wildman–Crippen MR) is 111 cm³/mol. The van der Waals surface area contributed by atoms with E-state index in [9.17, 15) is 19.3 Å². The Labute approximate surface area is 173 Å². The summed E-state index contributed by atoms with van der Waals surface area (Å²) in [6.45, 7) is 7.77. The summed E-state index contributed by atoms with van der Waals surface area (Å²) in [6, 6.07) is 0. The number of carboxylic acid groups (broad SMARTS) is 1. The molecule has 2 aromatic rings. The standard InChI is InChI=1S/C12H18N5O8P.2C2H6/c13-11-15-9-8(10(19)16-11)14-6-17(9)4-7(18)5-24-2-1-3-25-26(22,23)12(20)21;2*1-2/h6-7,18H,1-5H2,(H,20,21)(H,22,23)(H3,13,15,16,19);2*1-2H3. The van der Waals surface area contributed by atoms with Gasteiger partial charge in [-0.25, -0.2) is 14.3 Å². The summed E-state index contributed by atoms with van der Waals surface area (Å²) in [5.74, 6) is -0.0717. The summed E-state index contributed by atoms with van der Waals surface area (Å²) in [6.07, 6.45) is 0.554. The number of fused-ring (bicyclic) bond motifs is 1. The molecule has 6 N–H and O–H groups in total. The van der Waals surface area contributed by atoms with Crippen LogP contribution in [0, 0.1) is 0 Å². The molecule has 2 atom stereocenters. The first-order valence-electron chi connectivity index (χ1n) is 9.38. The molecular formula is C16H30N5O8P. The Morgan fingerprint density at radius 2 is 1.97 bits per heavy atom. The molecule has 0 fully saturated rings. The lowest BCUT2D eigenvalue weighted by molar-refractivity contribution is 0.0242. The van der Waals surface area contributed by atoms with Crippen molar-refractivity contribution in [1.29, 1.82) is 0 Å². The summed E-state index contributed by atoms with van der Waals surface area (Å²) >= 11 is 0. The van der Waals surface area contributed by atoms with Crippen molar-refractivity contribution in [2.75, 3.05) is 25.6 Å². The van der Waals surface area contributed by atoms with Crippen LogP contribution in [0.1, 0.15) is 34.1 Å². The van der Waals surface area contributed by atoms with Gasteiger partial charge in [0.15, 0.2) is 11.2 Å². The molecule has 30 heavy (non-hydrogen) atoms. The molecule has 0 saturated carbocycles. The normalized spacial score (nSPS) is 13.4. The lowest BCUT2D eigenvalue weighted by Crippen LogP contribution is -2.22. The number of ether oxygens (including phenoxy) is 1. The van der Waals surface area contributed by atoms with Gasteiger partial charge in [-0.15, -0.1) is 0 Å². The molecule has 2 heterocycles. The van der Waals surface area contributed by atoms with Crippen molar-refractivity contribution in [1.82, 2.24) is 19.5 Å². The molecule has 0 saturated heterocycles. The third-order valence-electron chi connectivity index (χ3n) is 3.15. The van der Waals surface area contributed by atoms with E-state index < -0.39 is 25.0 Å². The molecule has 2 unspecified atom stereocenters. The molecule has 0 radical (unpaired) electrons. The zero-order valence-corrected chi connectivity index (χ0v) is 18.3. The number of hydrogen-bond acceptors (Lipinski definition) is 9. The lowest BCUT2D eigenvalue weighted by atomic mass is 10.3. The minimum Gasteiger partial charge on any atom is -0.472 e. The molecule has 0 spiro atoms. The van der Waals surface area contributed by atoms with Crippen molar-refractivity contribution in [2.24, 2.45) is 0 Å². The van der Waals surface area contributed by atoms with Crippen molar-refractivity contribution in [3.8, 4) is 0 Å². The van der Waals surface area contributed by atoms with Crippen LogP contribution in [0.2, 0.25) is 0 Å². The minimum atomic E-state index is -4.65. The van der Waals surface area contributed by atoms with Gasteiger partial charge in [-0.2, -0.15) is 4.98 Å². The number of aliphatic hydroxyl groups is 1. The zero-order valence-electron chi connectivity index (χ0n) is 17.4. The van der Waals surface area contributed by atoms with Crippen LogP contribution < -0.4 is 11.3 Å². The van der Waals surface area contributed by atoms with Crippen molar-refractivity contribution in [3.63, 3.8) is 0 Å². The molecule has 0 bridgehead atoms. The number of nitrogens with zero attached hydrogens (tertiary/aromatic N) is 3. The Morgan fingerprint density at radius 3 is 2.57 bits per heavy atom. The number of aromatic nitrogens is 4. The van der Waals surface area contributed by atoms with E-state index in [1.807, 2.05) is 27.7 Å². The molecule has 2 rings (SSSR count). The van der Waals surface area contributed by atoms with Gasteiger partial charge in [-0.1, -0.05) is 27.7 Å². The quantitative estimate of drug-likeness (QED) is 0.258. The van der Waals surface area contributed by atoms with E-state index in [0.29, 0.717) is 0 Å². The Balaban J connectivity index is 0.00000198. The second-order valence-electron chi connectivity index (χ2n) is 5.24. The first kappa shape index (κ1) is 27.7. The van der Waals surface area contributed by atoms with Crippen LogP contribution in [0.15, 0.2) is 11.1 Å². The van der Waals surface area contributed by atoms with Gasteiger partial charge in [-0.05, 0) is 6.42 Å². The third-order valence-corrected chi connectivity index (χ3v) is 4.17. The summed E-state index contributed by atoms with van der Waals surface area (Å²) in [4.78, 5) is 41.1. The first-order valence-corrected chi connectivity index (χ1v) is 11.0. The fourth-order valence-electron chi connectivity index (χ4n) is 2.01. The Kier molecular flexibility index (Phi) is 12.8.